The first-order valence-electron chi connectivity index (χ1n) is 4.22. The number of aromatic amines is 1. The van der Waals surface area contributed by atoms with Gasteiger partial charge in [0.25, 0.3) is 0 Å². The van der Waals surface area contributed by atoms with Gasteiger partial charge in [-0.2, -0.15) is 0 Å². The van der Waals surface area contributed by atoms with E-state index in [2.05, 4.69) is 26.3 Å². The molecule has 0 unspecified atom stereocenters. The Morgan fingerprint density at radius 3 is 3.07 bits per heavy atom. The summed E-state index contributed by atoms with van der Waals surface area (Å²) in [7, 11) is 0. The highest BCUT2D eigenvalue weighted by Gasteiger charge is 2.16. The number of hydrogen-bond donors (Lipinski definition) is 1. The Morgan fingerprint density at radius 1 is 1.33 bits per heavy atom. The quantitative estimate of drug-likeness (QED) is 0.712. The molecule has 0 saturated heterocycles. The molecule has 6 heteroatoms. The standard InChI is InChI=1S/C9H5N4OS/c1-2-11-8(10-1)7-6(5-13-14-7)9-12-3-4-15-9/h1-4H,(H,10,11). The average molecular weight is 217 g/mol. The predicted molar refractivity (Wildman–Crippen MR) is 54.0 cm³/mol. The number of hydrogen-bond acceptors (Lipinski definition) is 5. The molecule has 3 rings (SSSR count). The number of rotatable bonds is 2. The van der Waals surface area contributed by atoms with Crippen molar-refractivity contribution >= 4 is 11.3 Å². The Morgan fingerprint density at radius 2 is 2.33 bits per heavy atom. The Hall–Kier alpha value is -1.95. The molecule has 0 aliphatic rings. The molecule has 0 aliphatic carbocycles. The molecule has 5 nitrogen and oxygen atoms in total. The molecule has 0 spiro atoms. The van der Waals surface area contributed by atoms with Gasteiger partial charge in [0.05, 0.1) is 5.56 Å². The van der Waals surface area contributed by atoms with Gasteiger partial charge in [0.15, 0.2) is 5.82 Å². The summed E-state index contributed by atoms with van der Waals surface area (Å²) < 4.78 is 5.10. The second kappa shape index (κ2) is 3.32. The van der Waals surface area contributed by atoms with E-state index in [-0.39, 0.29) is 0 Å². The Labute approximate surface area is 88.8 Å². The summed E-state index contributed by atoms with van der Waals surface area (Å²) in [6, 6.07) is 0. The SMILES string of the molecule is [c]1noc(-c2ncc[nH]2)c1-c1nccs1. The molecule has 0 saturated carbocycles. The first-order chi connectivity index (χ1) is 7.45. The summed E-state index contributed by atoms with van der Waals surface area (Å²) in [6.45, 7) is 0. The second-order valence-corrected chi connectivity index (χ2v) is 3.67. The van der Waals surface area contributed by atoms with E-state index in [4.69, 9.17) is 4.52 Å². The molecule has 0 amide bonds. The molecule has 73 valence electrons. The van der Waals surface area contributed by atoms with Crippen LogP contribution < -0.4 is 0 Å². The van der Waals surface area contributed by atoms with Crippen LogP contribution in [0.1, 0.15) is 0 Å². The lowest BCUT2D eigenvalue weighted by molar-refractivity contribution is 0.428. The number of thiazole rings is 1. The zero-order chi connectivity index (χ0) is 10.1. The third-order valence-corrected chi connectivity index (χ3v) is 2.67. The predicted octanol–water partition coefficient (Wildman–Crippen LogP) is 1.99. The smallest absolute Gasteiger partial charge is 0.213 e. The second-order valence-electron chi connectivity index (χ2n) is 2.77. The third kappa shape index (κ3) is 1.35. The average Bonchev–Trinajstić information content (AvgIpc) is 3.01. The zero-order valence-corrected chi connectivity index (χ0v) is 8.28. The first-order valence-corrected chi connectivity index (χ1v) is 5.10. The van der Waals surface area contributed by atoms with Crippen molar-refractivity contribution in [2.45, 2.75) is 0 Å². The zero-order valence-electron chi connectivity index (χ0n) is 7.47. The molecule has 3 aromatic rings. The highest BCUT2D eigenvalue weighted by atomic mass is 32.1. The van der Waals surface area contributed by atoms with Gasteiger partial charge in [-0.1, -0.05) is 5.16 Å². The molecule has 15 heavy (non-hydrogen) atoms. The minimum atomic E-state index is 0.565. The summed E-state index contributed by atoms with van der Waals surface area (Å²) in [5.41, 5.74) is 0.736. The van der Waals surface area contributed by atoms with Crippen LogP contribution in [0.25, 0.3) is 22.2 Å². The molecule has 0 aliphatic heterocycles. The lowest BCUT2D eigenvalue weighted by Gasteiger charge is -1.92. The number of H-pyrrole nitrogens is 1. The largest absolute Gasteiger partial charge is 0.351 e. The van der Waals surface area contributed by atoms with E-state index in [1.54, 1.807) is 18.6 Å². The van der Waals surface area contributed by atoms with Gasteiger partial charge in [0.2, 0.25) is 5.76 Å². The third-order valence-electron chi connectivity index (χ3n) is 1.88. The van der Waals surface area contributed by atoms with Gasteiger partial charge in [-0.05, 0) is 0 Å². The molecule has 0 bridgehead atoms. The fourth-order valence-corrected chi connectivity index (χ4v) is 1.88. The minimum Gasteiger partial charge on any atom is -0.351 e. The maximum absolute atomic E-state index is 5.10. The number of imidazole rings is 1. The fraction of sp³-hybridized carbons (Fsp3) is 0. The molecule has 0 fully saturated rings. The van der Waals surface area contributed by atoms with Crippen LogP contribution in [0.2, 0.25) is 0 Å². The van der Waals surface area contributed by atoms with Crippen molar-refractivity contribution in [3.63, 3.8) is 0 Å². The van der Waals surface area contributed by atoms with Gasteiger partial charge in [-0.15, -0.1) is 11.3 Å². The van der Waals surface area contributed by atoms with Crippen molar-refractivity contribution in [1.29, 1.82) is 0 Å². The van der Waals surface area contributed by atoms with Crippen LogP contribution in [0.4, 0.5) is 0 Å². The number of nitrogens with zero attached hydrogens (tertiary/aromatic N) is 3. The molecule has 3 aromatic heterocycles. The summed E-state index contributed by atoms with van der Waals surface area (Å²) in [6.07, 6.45) is 7.88. The topological polar surface area (TPSA) is 67.6 Å². The van der Waals surface area contributed by atoms with Crippen LogP contribution in [0.3, 0.4) is 0 Å². The van der Waals surface area contributed by atoms with Crippen LogP contribution in [-0.4, -0.2) is 20.1 Å². The number of nitrogens with one attached hydrogen (secondary N) is 1. The van der Waals surface area contributed by atoms with Gasteiger partial charge in [0.1, 0.15) is 11.2 Å². The summed E-state index contributed by atoms with van der Waals surface area (Å²) >= 11 is 1.51. The molecule has 1 N–H and O–H groups in total. The van der Waals surface area contributed by atoms with Gasteiger partial charge >= 0.3 is 0 Å². The van der Waals surface area contributed by atoms with E-state index >= 15 is 0 Å². The molecule has 0 atom stereocenters. The summed E-state index contributed by atoms with van der Waals surface area (Å²) in [5, 5.41) is 6.35. The minimum absolute atomic E-state index is 0.565. The Bertz CT molecular complexity index is 492. The lowest BCUT2D eigenvalue weighted by atomic mass is 10.2. The summed E-state index contributed by atoms with van der Waals surface area (Å²) in [5.74, 6) is 1.20. The summed E-state index contributed by atoms with van der Waals surface area (Å²) in [4.78, 5) is 11.2. The van der Waals surface area contributed by atoms with Gasteiger partial charge in [0, 0.05) is 24.0 Å². The maximum atomic E-state index is 5.10. The molecular formula is C9H5N4OS. The van der Waals surface area contributed by atoms with Gasteiger partial charge in [-0.3, -0.25) is 0 Å². The normalized spacial score (nSPS) is 10.7. The Kier molecular flexibility index (Phi) is 1.85. The van der Waals surface area contributed by atoms with E-state index < -0.39 is 0 Å². The van der Waals surface area contributed by atoms with Crippen molar-refractivity contribution in [1.82, 2.24) is 20.1 Å². The molecular weight excluding hydrogens is 212 g/mol. The van der Waals surface area contributed by atoms with Crippen molar-refractivity contribution in [2.24, 2.45) is 0 Å². The van der Waals surface area contributed by atoms with E-state index in [1.807, 2.05) is 5.38 Å². The first kappa shape index (κ1) is 8.37. The van der Waals surface area contributed by atoms with Gasteiger partial charge in [-0.25, -0.2) is 9.97 Å². The van der Waals surface area contributed by atoms with Crippen LogP contribution in [0.5, 0.6) is 0 Å². The fourth-order valence-electron chi connectivity index (χ4n) is 1.25. The lowest BCUT2D eigenvalue weighted by Crippen LogP contribution is -1.80. The van der Waals surface area contributed by atoms with Crippen LogP contribution in [0.15, 0.2) is 28.5 Å². The Balaban J connectivity index is 2.15. The van der Waals surface area contributed by atoms with Crippen molar-refractivity contribution < 1.29 is 4.52 Å². The van der Waals surface area contributed by atoms with E-state index in [9.17, 15) is 0 Å². The molecule has 1 radical (unpaired) electrons. The van der Waals surface area contributed by atoms with Crippen LogP contribution >= 0.6 is 11.3 Å². The van der Waals surface area contributed by atoms with E-state index in [0.29, 0.717) is 11.6 Å². The van der Waals surface area contributed by atoms with Crippen molar-refractivity contribution in [3.05, 3.63) is 30.2 Å². The maximum Gasteiger partial charge on any atom is 0.213 e. The molecule has 3 heterocycles. The van der Waals surface area contributed by atoms with Crippen LogP contribution in [0, 0.1) is 6.20 Å². The highest BCUT2D eigenvalue weighted by Crippen LogP contribution is 2.30. The van der Waals surface area contributed by atoms with Crippen LogP contribution in [-0.2, 0) is 0 Å². The monoisotopic (exact) mass is 217 g/mol. The van der Waals surface area contributed by atoms with Crippen molar-refractivity contribution in [3.8, 4) is 22.2 Å². The van der Waals surface area contributed by atoms with Gasteiger partial charge < -0.3 is 9.51 Å². The van der Waals surface area contributed by atoms with E-state index in [1.165, 1.54) is 11.3 Å². The number of aromatic nitrogens is 4. The molecule has 0 aromatic carbocycles. The van der Waals surface area contributed by atoms with Crippen molar-refractivity contribution in [2.75, 3.05) is 0 Å². The highest BCUT2D eigenvalue weighted by molar-refractivity contribution is 7.13. The van der Waals surface area contributed by atoms with E-state index in [0.717, 1.165) is 10.6 Å².